The van der Waals surface area contributed by atoms with Crippen molar-refractivity contribution in [3.63, 3.8) is 0 Å². The van der Waals surface area contributed by atoms with E-state index in [-0.39, 0.29) is 5.92 Å². The molecule has 0 spiro atoms. The van der Waals surface area contributed by atoms with E-state index in [9.17, 15) is 0 Å². The first-order valence-corrected chi connectivity index (χ1v) is 6.36. The van der Waals surface area contributed by atoms with Crippen molar-refractivity contribution in [2.24, 2.45) is 5.10 Å². The van der Waals surface area contributed by atoms with Gasteiger partial charge in [0.15, 0.2) is 0 Å². The Labute approximate surface area is 112 Å². The molecule has 0 aliphatic carbocycles. The molecule has 3 aromatic rings. The molecule has 0 aliphatic heterocycles. The van der Waals surface area contributed by atoms with E-state index < -0.39 is 0 Å². The minimum atomic E-state index is 0.280. The van der Waals surface area contributed by atoms with Crippen LogP contribution in [0.2, 0.25) is 0 Å². The van der Waals surface area contributed by atoms with Crippen molar-refractivity contribution in [2.45, 2.75) is 12.8 Å². The topological polar surface area (TPSA) is 30.2 Å². The predicted octanol–water partition coefficient (Wildman–Crippen LogP) is 3.67. The van der Waals surface area contributed by atoms with E-state index >= 15 is 0 Å². The Morgan fingerprint density at radius 1 is 1.05 bits per heavy atom. The van der Waals surface area contributed by atoms with Gasteiger partial charge < -0.3 is 0 Å². The van der Waals surface area contributed by atoms with Gasteiger partial charge in [-0.15, -0.1) is 0 Å². The molecule has 0 amide bonds. The predicted molar refractivity (Wildman–Crippen MR) is 78.5 cm³/mol. The molecule has 0 radical (unpaired) electrons. The van der Waals surface area contributed by atoms with Crippen LogP contribution in [0.5, 0.6) is 0 Å². The zero-order valence-electron chi connectivity index (χ0n) is 10.8. The minimum Gasteiger partial charge on any atom is -0.235 e. The second kappa shape index (κ2) is 5.06. The van der Waals surface area contributed by atoms with Gasteiger partial charge in [-0.05, 0) is 17.7 Å². The zero-order chi connectivity index (χ0) is 13.1. The number of hydrogen-bond acceptors (Lipinski definition) is 2. The van der Waals surface area contributed by atoms with Crippen molar-refractivity contribution in [1.82, 2.24) is 9.66 Å². The Kier molecular flexibility index (Phi) is 3.11. The smallest absolute Gasteiger partial charge is 0.118 e. The first-order valence-electron chi connectivity index (χ1n) is 6.36. The zero-order valence-corrected chi connectivity index (χ0v) is 10.8. The lowest BCUT2D eigenvalue weighted by Gasteiger charge is -2.05. The number of benzene rings is 2. The third-order valence-corrected chi connectivity index (χ3v) is 3.17. The number of rotatable bonds is 3. The van der Waals surface area contributed by atoms with Crippen LogP contribution in [0.4, 0.5) is 0 Å². The highest BCUT2D eigenvalue weighted by molar-refractivity contribution is 5.76. The fourth-order valence-corrected chi connectivity index (χ4v) is 2.05. The Hall–Kier alpha value is -2.42. The molecule has 19 heavy (non-hydrogen) atoms. The number of para-hydroxylation sites is 2. The Bertz CT molecular complexity index is 698. The summed E-state index contributed by atoms with van der Waals surface area (Å²) in [7, 11) is 0. The van der Waals surface area contributed by atoms with Crippen LogP contribution in [0, 0.1) is 0 Å². The van der Waals surface area contributed by atoms with Crippen molar-refractivity contribution in [2.75, 3.05) is 0 Å². The molecule has 2 aromatic carbocycles. The molecule has 3 rings (SSSR count). The van der Waals surface area contributed by atoms with Gasteiger partial charge in [0.1, 0.15) is 6.33 Å². The van der Waals surface area contributed by atoms with Crippen molar-refractivity contribution in [3.8, 4) is 0 Å². The highest BCUT2D eigenvalue weighted by Crippen LogP contribution is 2.14. The maximum Gasteiger partial charge on any atom is 0.118 e. The summed E-state index contributed by atoms with van der Waals surface area (Å²) in [5.74, 6) is 0.280. The van der Waals surface area contributed by atoms with Crippen LogP contribution in [0.25, 0.3) is 11.0 Å². The van der Waals surface area contributed by atoms with Crippen molar-refractivity contribution < 1.29 is 0 Å². The molecule has 0 aliphatic rings. The summed E-state index contributed by atoms with van der Waals surface area (Å²) in [5.41, 5.74) is 3.25. The lowest BCUT2D eigenvalue weighted by molar-refractivity contribution is 0.893. The number of aromatic nitrogens is 2. The average Bonchev–Trinajstić information content (AvgIpc) is 2.89. The lowest BCUT2D eigenvalue weighted by atomic mass is 10.0. The van der Waals surface area contributed by atoms with E-state index in [0.29, 0.717) is 0 Å². The molecule has 1 heterocycles. The van der Waals surface area contributed by atoms with Crippen LogP contribution in [-0.2, 0) is 0 Å². The summed E-state index contributed by atoms with van der Waals surface area (Å²) in [6, 6.07) is 18.3. The van der Waals surface area contributed by atoms with Gasteiger partial charge >= 0.3 is 0 Å². The summed E-state index contributed by atoms with van der Waals surface area (Å²) in [4.78, 5) is 4.32. The molecule has 0 saturated heterocycles. The summed E-state index contributed by atoms with van der Waals surface area (Å²) in [5, 5.41) is 4.50. The molecule has 0 fully saturated rings. The van der Waals surface area contributed by atoms with Gasteiger partial charge in [-0.25, -0.2) is 9.66 Å². The van der Waals surface area contributed by atoms with Crippen LogP contribution in [0.1, 0.15) is 18.4 Å². The van der Waals surface area contributed by atoms with Crippen LogP contribution < -0.4 is 0 Å². The fraction of sp³-hybridized carbons (Fsp3) is 0.125. The monoisotopic (exact) mass is 249 g/mol. The van der Waals surface area contributed by atoms with E-state index in [1.165, 1.54) is 5.56 Å². The first-order chi connectivity index (χ1) is 9.34. The maximum atomic E-state index is 4.50. The van der Waals surface area contributed by atoms with Crippen LogP contribution in [0.3, 0.4) is 0 Å². The van der Waals surface area contributed by atoms with E-state index in [0.717, 1.165) is 11.0 Å². The fourth-order valence-electron chi connectivity index (χ4n) is 2.05. The van der Waals surface area contributed by atoms with E-state index in [1.807, 2.05) is 53.4 Å². The van der Waals surface area contributed by atoms with Gasteiger partial charge in [0.25, 0.3) is 0 Å². The third kappa shape index (κ3) is 2.40. The van der Waals surface area contributed by atoms with Crippen molar-refractivity contribution in [1.29, 1.82) is 0 Å². The number of imidazole rings is 1. The number of hydrogen-bond donors (Lipinski definition) is 0. The largest absolute Gasteiger partial charge is 0.235 e. The summed E-state index contributed by atoms with van der Waals surface area (Å²) in [6.07, 6.45) is 3.70. The van der Waals surface area contributed by atoms with Crippen LogP contribution in [0.15, 0.2) is 66.0 Å². The van der Waals surface area contributed by atoms with Crippen molar-refractivity contribution in [3.05, 3.63) is 66.5 Å². The molecule has 3 nitrogen and oxygen atoms in total. The molecule has 0 saturated carbocycles. The molecule has 1 atom stereocenters. The van der Waals surface area contributed by atoms with Gasteiger partial charge in [-0.3, -0.25) is 0 Å². The molecule has 0 bridgehead atoms. The molecular formula is C16H15N3. The van der Waals surface area contributed by atoms with E-state index in [1.54, 1.807) is 6.33 Å². The second-order valence-corrected chi connectivity index (χ2v) is 4.54. The van der Waals surface area contributed by atoms with Gasteiger partial charge in [-0.1, -0.05) is 49.4 Å². The van der Waals surface area contributed by atoms with Gasteiger partial charge in [0.05, 0.1) is 11.0 Å². The molecule has 0 unspecified atom stereocenters. The van der Waals surface area contributed by atoms with E-state index in [2.05, 4.69) is 29.1 Å². The Balaban J connectivity index is 1.87. The number of nitrogens with zero attached hydrogens (tertiary/aromatic N) is 3. The lowest BCUT2D eigenvalue weighted by Crippen LogP contribution is -1.96. The minimum absolute atomic E-state index is 0.280. The Morgan fingerprint density at radius 2 is 1.79 bits per heavy atom. The molecule has 0 N–H and O–H groups in total. The average molecular weight is 249 g/mol. The summed E-state index contributed by atoms with van der Waals surface area (Å²) < 4.78 is 1.81. The van der Waals surface area contributed by atoms with Gasteiger partial charge in [0, 0.05) is 12.1 Å². The Morgan fingerprint density at radius 3 is 2.63 bits per heavy atom. The summed E-state index contributed by atoms with van der Waals surface area (Å²) in [6.45, 7) is 2.14. The van der Waals surface area contributed by atoms with Gasteiger partial charge in [-0.2, -0.15) is 5.10 Å². The van der Waals surface area contributed by atoms with Gasteiger partial charge in [0.2, 0.25) is 0 Å². The molecular weight excluding hydrogens is 234 g/mol. The molecule has 3 heteroatoms. The molecule has 1 aromatic heterocycles. The molecule has 94 valence electrons. The normalized spacial score (nSPS) is 13.1. The van der Waals surface area contributed by atoms with E-state index in [4.69, 9.17) is 0 Å². The maximum absolute atomic E-state index is 4.50. The standard InChI is InChI=1S/C16H15N3/c1-13(14-7-3-2-4-8-14)11-18-19-12-17-15-9-5-6-10-16(15)19/h2-13H,1H3/b18-11-/t13-/m0/s1. The second-order valence-electron chi connectivity index (χ2n) is 4.54. The van der Waals surface area contributed by atoms with Crippen molar-refractivity contribution >= 4 is 17.2 Å². The quantitative estimate of drug-likeness (QED) is 0.651. The number of fused-ring (bicyclic) bond motifs is 1. The third-order valence-electron chi connectivity index (χ3n) is 3.17. The van der Waals surface area contributed by atoms with Crippen LogP contribution in [-0.4, -0.2) is 15.9 Å². The highest BCUT2D eigenvalue weighted by Gasteiger charge is 2.02. The first kappa shape index (κ1) is 11.7. The highest BCUT2D eigenvalue weighted by atomic mass is 15.4. The van der Waals surface area contributed by atoms with Crippen LogP contribution >= 0.6 is 0 Å². The summed E-state index contributed by atoms with van der Waals surface area (Å²) >= 11 is 0. The SMILES string of the molecule is C[C@@H](/C=N\n1cnc2ccccc21)c1ccccc1.